The summed E-state index contributed by atoms with van der Waals surface area (Å²) in [6.07, 6.45) is 1.49. The van der Waals surface area contributed by atoms with Crippen molar-refractivity contribution in [1.29, 1.82) is 0 Å². The molecule has 0 amide bonds. The Bertz CT molecular complexity index is 922. The minimum atomic E-state index is 0.0998. The number of fused-ring (bicyclic) bond motifs is 1. The third kappa shape index (κ3) is 3.05. The molecule has 0 radical (unpaired) electrons. The number of nitrogens with one attached hydrogen (secondary N) is 1. The lowest BCUT2D eigenvalue weighted by atomic mass is 10.2. The maximum atomic E-state index is 12.2. The molecular formula is C18H16N5O3-. The third-order valence-corrected chi connectivity index (χ3v) is 3.90. The average Bonchev–Trinajstić information content (AvgIpc) is 3.11. The Balaban J connectivity index is 1.55. The molecule has 8 nitrogen and oxygen atoms in total. The fourth-order valence-electron chi connectivity index (χ4n) is 2.53. The molecule has 0 saturated carbocycles. The number of ether oxygens (including phenoxy) is 2. The average molecular weight is 350 g/mol. The van der Waals surface area contributed by atoms with Gasteiger partial charge in [0.1, 0.15) is 12.1 Å². The largest absolute Gasteiger partial charge is 0.736 e. The lowest BCUT2D eigenvalue weighted by Crippen LogP contribution is -2.26. The highest BCUT2D eigenvalue weighted by Gasteiger charge is 2.23. The topological polar surface area (TPSA) is 87.0 Å². The summed E-state index contributed by atoms with van der Waals surface area (Å²) in [6.45, 7) is 0.556. The standard InChI is InChI=1S/C18H16N5O3/c1-25-15-9-7-14(8-10-15)17-21-23(24)16-18(26-17)22(12-19-16)20-11-13-5-3-2-4-6-13/h2-10,12,20H,11H2,1H3/q-1. The first-order valence-electron chi connectivity index (χ1n) is 7.98. The first-order valence-corrected chi connectivity index (χ1v) is 7.98. The van der Waals surface area contributed by atoms with Gasteiger partial charge in [-0.3, -0.25) is 0 Å². The van der Waals surface area contributed by atoms with Crippen LogP contribution >= 0.6 is 0 Å². The van der Waals surface area contributed by atoms with Crippen molar-refractivity contribution in [3.63, 3.8) is 0 Å². The normalized spacial score (nSPS) is 12.8. The summed E-state index contributed by atoms with van der Waals surface area (Å²) in [7, 11) is 1.59. The van der Waals surface area contributed by atoms with Gasteiger partial charge in [0.05, 0.1) is 13.7 Å². The Morgan fingerprint density at radius 2 is 1.88 bits per heavy atom. The van der Waals surface area contributed by atoms with Crippen molar-refractivity contribution in [1.82, 2.24) is 9.66 Å². The first kappa shape index (κ1) is 16.0. The Labute approximate surface area is 149 Å². The molecule has 4 rings (SSSR count). The number of rotatable bonds is 5. The number of benzene rings is 2. The van der Waals surface area contributed by atoms with Crippen LogP contribution in [0.3, 0.4) is 0 Å². The molecule has 0 atom stereocenters. The van der Waals surface area contributed by atoms with Crippen molar-refractivity contribution in [3.8, 4) is 11.6 Å². The van der Waals surface area contributed by atoms with Gasteiger partial charge >= 0.3 is 0 Å². The van der Waals surface area contributed by atoms with E-state index >= 15 is 0 Å². The Morgan fingerprint density at radius 1 is 1.12 bits per heavy atom. The van der Waals surface area contributed by atoms with Crippen molar-refractivity contribution in [2.45, 2.75) is 6.54 Å². The molecule has 0 unspecified atom stereocenters. The van der Waals surface area contributed by atoms with Crippen molar-refractivity contribution < 1.29 is 9.47 Å². The SMILES string of the molecule is COc1ccc(C2=NN([O-])c3ncn(NCc4ccccc4)c3O2)cc1. The number of nitrogens with zero attached hydrogens (tertiary/aromatic N) is 4. The van der Waals surface area contributed by atoms with E-state index in [0.717, 1.165) is 5.56 Å². The van der Waals surface area contributed by atoms with Crippen molar-refractivity contribution in [2.75, 3.05) is 17.7 Å². The molecule has 0 aliphatic carbocycles. The summed E-state index contributed by atoms with van der Waals surface area (Å²) in [5.41, 5.74) is 4.92. The van der Waals surface area contributed by atoms with Gasteiger partial charge in [-0.2, -0.15) is 0 Å². The molecule has 1 N–H and O–H groups in total. The number of hydrazone groups is 1. The number of methoxy groups -OCH3 is 1. The minimum Gasteiger partial charge on any atom is -0.736 e. The van der Waals surface area contributed by atoms with Crippen LogP contribution in [0.4, 0.5) is 5.82 Å². The summed E-state index contributed by atoms with van der Waals surface area (Å²) >= 11 is 0. The molecule has 0 spiro atoms. The van der Waals surface area contributed by atoms with Crippen molar-refractivity contribution in [2.24, 2.45) is 5.10 Å². The van der Waals surface area contributed by atoms with Gasteiger partial charge in [0.15, 0.2) is 0 Å². The highest BCUT2D eigenvalue weighted by Crippen LogP contribution is 2.31. The van der Waals surface area contributed by atoms with E-state index in [1.807, 2.05) is 30.3 Å². The summed E-state index contributed by atoms with van der Waals surface area (Å²) < 4.78 is 12.5. The predicted molar refractivity (Wildman–Crippen MR) is 97.7 cm³/mol. The molecule has 8 heteroatoms. The van der Waals surface area contributed by atoms with Crippen LogP contribution in [0.25, 0.3) is 0 Å². The van der Waals surface area contributed by atoms with Crippen LogP contribution in [-0.2, 0) is 6.54 Å². The molecular weight excluding hydrogens is 334 g/mol. The molecule has 1 aliphatic heterocycles. The number of hydrogen-bond acceptors (Lipinski definition) is 7. The highest BCUT2D eigenvalue weighted by molar-refractivity contribution is 5.97. The van der Waals surface area contributed by atoms with Crippen LogP contribution in [0.2, 0.25) is 0 Å². The van der Waals surface area contributed by atoms with Gasteiger partial charge in [-0.25, -0.2) is 9.66 Å². The second-order valence-corrected chi connectivity index (χ2v) is 5.57. The van der Waals surface area contributed by atoms with Crippen LogP contribution < -0.4 is 20.1 Å². The van der Waals surface area contributed by atoms with Crippen LogP contribution in [-0.4, -0.2) is 22.7 Å². The zero-order valence-electron chi connectivity index (χ0n) is 14.0. The first-order chi connectivity index (χ1) is 12.7. The van der Waals surface area contributed by atoms with Crippen molar-refractivity contribution >= 4 is 11.7 Å². The van der Waals surface area contributed by atoms with E-state index in [4.69, 9.17) is 9.47 Å². The highest BCUT2D eigenvalue weighted by atomic mass is 16.6. The van der Waals surface area contributed by atoms with Gasteiger partial charge in [-0.1, -0.05) is 30.3 Å². The van der Waals surface area contributed by atoms with E-state index in [-0.39, 0.29) is 17.6 Å². The van der Waals surface area contributed by atoms with Gasteiger partial charge < -0.3 is 25.3 Å². The van der Waals surface area contributed by atoms with E-state index in [1.54, 1.807) is 36.1 Å². The number of anilines is 1. The van der Waals surface area contributed by atoms with Crippen molar-refractivity contribution in [3.05, 3.63) is 77.3 Å². The number of hydrogen-bond donors (Lipinski definition) is 1. The summed E-state index contributed by atoms with van der Waals surface area (Å²) in [5.74, 6) is 1.29. The van der Waals surface area contributed by atoms with Gasteiger partial charge in [0, 0.05) is 5.56 Å². The predicted octanol–water partition coefficient (Wildman–Crippen LogP) is 2.69. The Hall–Kier alpha value is -3.52. The summed E-state index contributed by atoms with van der Waals surface area (Å²) in [4.78, 5) is 4.07. The molecule has 26 heavy (non-hydrogen) atoms. The van der Waals surface area contributed by atoms with E-state index in [1.165, 1.54) is 6.33 Å². The van der Waals surface area contributed by atoms with Gasteiger partial charge in [-0.15, -0.1) is 5.10 Å². The zero-order valence-corrected chi connectivity index (χ0v) is 14.0. The van der Waals surface area contributed by atoms with Crippen LogP contribution in [0.1, 0.15) is 11.1 Å². The second-order valence-electron chi connectivity index (χ2n) is 5.57. The molecule has 0 saturated heterocycles. The van der Waals surface area contributed by atoms with Gasteiger partial charge in [-0.05, 0) is 29.8 Å². The smallest absolute Gasteiger partial charge is 0.266 e. The van der Waals surface area contributed by atoms with E-state index < -0.39 is 0 Å². The van der Waals surface area contributed by atoms with E-state index in [9.17, 15) is 5.21 Å². The maximum Gasteiger partial charge on any atom is 0.266 e. The Kier molecular flexibility index (Phi) is 4.16. The monoisotopic (exact) mass is 350 g/mol. The lowest BCUT2D eigenvalue weighted by Gasteiger charge is -2.28. The molecule has 1 aliphatic rings. The van der Waals surface area contributed by atoms with Crippen LogP contribution in [0, 0.1) is 5.21 Å². The second kappa shape index (κ2) is 6.77. The van der Waals surface area contributed by atoms with Crippen LogP contribution in [0.5, 0.6) is 11.6 Å². The maximum absolute atomic E-state index is 12.2. The van der Waals surface area contributed by atoms with Crippen LogP contribution in [0.15, 0.2) is 66.0 Å². The van der Waals surface area contributed by atoms with E-state index in [0.29, 0.717) is 23.0 Å². The summed E-state index contributed by atoms with van der Waals surface area (Å²) in [6, 6.07) is 17.0. The summed E-state index contributed by atoms with van der Waals surface area (Å²) in [5, 5.41) is 16.6. The number of aromatic nitrogens is 2. The molecule has 2 aromatic carbocycles. The molecule has 132 valence electrons. The quantitative estimate of drug-likeness (QED) is 0.761. The zero-order chi connectivity index (χ0) is 17.9. The molecule has 3 aromatic rings. The molecule has 1 aromatic heterocycles. The Morgan fingerprint density at radius 3 is 2.62 bits per heavy atom. The molecule has 2 heterocycles. The molecule has 0 bridgehead atoms. The van der Waals surface area contributed by atoms with E-state index in [2.05, 4.69) is 15.5 Å². The fourth-order valence-corrected chi connectivity index (χ4v) is 2.53. The van der Waals surface area contributed by atoms with Gasteiger partial charge in [0.2, 0.25) is 11.7 Å². The van der Waals surface area contributed by atoms with Gasteiger partial charge in [0.25, 0.3) is 5.88 Å². The minimum absolute atomic E-state index is 0.0998. The fraction of sp³-hybridized carbons (Fsp3) is 0.111. The third-order valence-electron chi connectivity index (χ3n) is 3.90. The molecule has 0 fully saturated rings. The lowest BCUT2D eigenvalue weighted by molar-refractivity contribution is 0.414. The number of imidazole rings is 1.